The maximum Gasteiger partial charge on any atom is 0.186 e. The van der Waals surface area contributed by atoms with Crippen LogP contribution in [-0.2, 0) is 0 Å². The van der Waals surface area contributed by atoms with Gasteiger partial charge < -0.3 is 10.2 Å². The van der Waals surface area contributed by atoms with Gasteiger partial charge in [0.15, 0.2) is 5.79 Å². The Balaban J connectivity index is 3.08. The second kappa shape index (κ2) is 2.74. The zero-order valence-electron chi connectivity index (χ0n) is 6.86. The highest BCUT2D eigenvalue weighted by atomic mass is 16.5. The summed E-state index contributed by atoms with van der Waals surface area (Å²) in [4.78, 5) is 0. The van der Waals surface area contributed by atoms with Gasteiger partial charge in [0.25, 0.3) is 0 Å². The van der Waals surface area contributed by atoms with Crippen molar-refractivity contribution in [1.82, 2.24) is 0 Å². The van der Waals surface area contributed by atoms with Crippen molar-refractivity contribution in [3.8, 4) is 6.07 Å². The lowest BCUT2D eigenvalue weighted by Crippen LogP contribution is -2.42. The van der Waals surface area contributed by atoms with Crippen LogP contribution in [0.5, 0.6) is 0 Å². The van der Waals surface area contributed by atoms with Crippen molar-refractivity contribution in [3.63, 3.8) is 0 Å². The van der Waals surface area contributed by atoms with E-state index in [-0.39, 0.29) is 0 Å². The van der Waals surface area contributed by atoms with Crippen molar-refractivity contribution in [2.75, 3.05) is 0 Å². The molecule has 3 heteroatoms. The third kappa shape index (κ3) is 1.27. The Morgan fingerprint density at radius 1 is 1.42 bits per heavy atom. The molecule has 0 aliphatic heterocycles. The Morgan fingerprint density at radius 2 is 1.92 bits per heavy atom. The predicted molar refractivity (Wildman–Crippen MR) is 43.8 cm³/mol. The monoisotopic (exact) mass is 165 g/mol. The summed E-state index contributed by atoms with van der Waals surface area (Å²) in [5.41, 5.74) is -1.29. The molecule has 0 bridgehead atoms. The smallest absolute Gasteiger partial charge is 0.186 e. The molecular weight excluding hydrogens is 154 g/mol. The van der Waals surface area contributed by atoms with Crippen LogP contribution in [0.1, 0.15) is 13.3 Å². The Morgan fingerprint density at radius 3 is 2.17 bits per heavy atom. The highest BCUT2D eigenvalue weighted by Crippen LogP contribution is 2.34. The first-order valence-electron chi connectivity index (χ1n) is 3.73. The van der Waals surface area contributed by atoms with Crippen molar-refractivity contribution in [1.29, 1.82) is 5.26 Å². The van der Waals surface area contributed by atoms with Crippen molar-refractivity contribution >= 4 is 0 Å². The Kier molecular flexibility index (Phi) is 2.05. The zero-order chi connectivity index (χ0) is 9.24. The van der Waals surface area contributed by atoms with Gasteiger partial charge in [-0.15, -0.1) is 0 Å². The fourth-order valence-electron chi connectivity index (χ4n) is 1.14. The first-order valence-corrected chi connectivity index (χ1v) is 3.73. The molecule has 64 valence electrons. The van der Waals surface area contributed by atoms with Crippen molar-refractivity contribution < 1.29 is 10.2 Å². The van der Waals surface area contributed by atoms with E-state index in [0.717, 1.165) is 6.42 Å². The second-order valence-corrected chi connectivity index (χ2v) is 3.04. The van der Waals surface area contributed by atoms with E-state index in [9.17, 15) is 10.2 Å². The SMILES string of the molecule is CC(O)(O)C1(C#N)C=CCC=C1. The van der Waals surface area contributed by atoms with E-state index in [1.807, 2.05) is 6.07 Å². The fraction of sp³-hybridized carbons (Fsp3) is 0.444. The lowest BCUT2D eigenvalue weighted by molar-refractivity contribution is -0.182. The first kappa shape index (κ1) is 8.98. The Labute approximate surface area is 71.3 Å². The van der Waals surface area contributed by atoms with Crippen molar-refractivity contribution in [2.45, 2.75) is 19.1 Å². The zero-order valence-corrected chi connectivity index (χ0v) is 6.86. The molecule has 0 aromatic heterocycles. The molecule has 1 aliphatic carbocycles. The van der Waals surface area contributed by atoms with Crippen LogP contribution in [0.15, 0.2) is 24.3 Å². The maximum absolute atomic E-state index is 9.32. The molecule has 0 aromatic rings. The number of hydrogen-bond acceptors (Lipinski definition) is 3. The van der Waals surface area contributed by atoms with Crippen molar-refractivity contribution in [3.05, 3.63) is 24.3 Å². The molecule has 0 amide bonds. The molecule has 0 radical (unpaired) electrons. The average Bonchev–Trinajstić information content (AvgIpc) is 2.04. The van der Waals surface area contributed by atoms with E-state index < -0.39 is 11.2 Å². The van der Waals surface area contributed by atoms with Crippen LogP contribution in [0.3, 0.4) is 0 Å². The van der Waals surface area contributed by atoms with Gasteiger partial charge in [-0.2, -0.15) is 5.26 Å². The van der Waals surface area contributed by atoms with Crippen LogP contribution in [0.4, 0.5) is 0 Å². The maximum atomic E-state index is 9.32. The van der Waals surface area contributed by atoms with E-state index in [1.165, 1.54) is 19.1 Å². The molecule has 0 fully saturated rings. The van der Waals surface area contributed by atoms with E-state index in [0.29, 0.717) is 0 Å². The largest absolute Gasteiger partial charge is 0.364 e. The van der Waals surface area contributed by atoms with Crippen LogP contribution >= 0.6 is 0 Å². The Bertz CT molecular complexity index is 253. The van der Waals surface area contributed by atoms with Gasteiger partial charge in [0, 0.05) is 0 Å². The van der Waals surface area contributed by atoms with E-state index in [2.05, 4.69) is 0 Å². The third-order valence-corrected chi connectivity index (χ3v) is 2.00. The predicted octanol–water partition coefficient (Wildman–Crippen LogP) is 0.713. The van der Waals surface area contributed by atoms with E-state index in [4.69, 9.17) is 5.26 Å². The van der Waals surface area contributed by atoms with Crippen LogP contribution in [0, 0.1) is 16.7 Å². The number of hydrogen-bond donors (Lipinski definition) is 2. The summed E-state index contributed by atoms with van der Waals surface area (Å²) in [5.74, 6) is -2.02. The summed E-state index contributed by atoms with van der Waals surface area (Å²) in [7, 11) is 0. The molecule has 0 spiro atoms. The standard InChI is InChI=1S/C9H11NO2/c1-8(11,12)9(7-10)5-3-2-4-6-9/h3-6,11-12H,2H2,1H3. The molecule has 0 atom stereocenters. The highest BCUT2D eigenvalue weighted by Gasteiger charge is 2.43. The lowest BCUT2D eigenvalue weighted by Gasteiger charge is -2.31. The van der Waals surface area contributed by atoms with Crippen molar-refractivity contribution in [2.24, 2.45) is 5.41 Å². The van der Waals surface area contributed by atoms with Gasteiger partial charge in [-0.3, -0.25) is 0 Å². The number of allylic oxidation sites excluding steroid dienone is 2. The molecule has 0 unspecified atom stereocenters. The van der Waals surface area contributed by atoms with E-state index >= 15 is 0 Å². The van der Waals surface area contributed by atoms with Gasteiger partial charge in [-0.1, -0.05) is 24.3 Å². The number of rotatable bonds is 1. The number of nitrogens with zero attached hydrogens (tertiary/aromatic N) is 1. The first-order chi connectivity index (χ1) is 5.52. The van der Waals surface area contributed by atoms with Gasteiger partial charge in [0.05, 0.1) is 6.07 Å². The number of aliphatic hydroxyl groups is 2. The normalized spacial score (nSPS) is 20.5. The fourth-order valence-corrected chi connectivity index (χ4v) is 1.14. The van der Waals surface area contributed by atoms with Gasteiger partial charge >= 0.3 is 0 Å². The van der Waals surface area contributed by atoms with Crippen LogP contribution in [0.25, 0.3) is 0 Å². The summed E-state index contributed by atoms with van der Waals surface area (Å²) in [6.07, 6.45) is 7.27. The highest BCUT2D eigenvalue weighted by molar-refractivity contribution is 5.30. The minimum Gasteiger partial charge on any atom is -0.364 e. The number of nitriles is 1. The lowest BCUT2D eigenvalue weighted by atomic mass is 9.78. The second-order valence-electron chi connectivity index (χ2n) is 3.04. The van der Waals surface area contributed by atoms with E-state index in [1.54, 1.807) is 12.2 Å². The molecule has 0 saturated heterocycles. The minimum atomic E-state index is -2.02. The topological polar surface area (TPSA) is 64.2 Å². The summed E-state index contributed by atoms with van der Waals surface area (Å²) >= 11 is 0. The minimum absolute atomic E-state index is 0.736. The summed E-state index contributed by atoms with van der Waals surface area (Å²) in [6.45, 7) is 1.20. The molecular formula is C9H11NO2. The molecule has 2 N–H and O–H groups in total. The molecule has 0 heterocycles. The van der Waals surface area contributed by atoms with Crippen LogP contribution < -0.4 is 0 Å². The molecule has 0 aromatic carbocycles. The summed E-state index contributed by atoms with van der Waals surface area (Å²) in [6, 6.07) is 1.88. The molecule has 3 nitrogen and oxygen atoms in total. The molecule has 1 aliphatic rings. The summed E-state index contributed by atoms with van der Waals surface area (Å²) < 4.78 is 0. The molecule has 12 heavy (non-hydrogen) atoms. The molecule has 1 rings (SSSR count). The van der Waals surface area contributed by atoms with Gasteiger partial charge in [-0.25, -0.2) is 0 Å². The van der Waals surface area contributed by atoms with Gasteiger partial charge in [0.2, 0.25) is 0 Å². The Hall–Kier alpha value is -1.11. The molecule has 0 saturated carbocycles. The average molecular weight is 165 g/mol. The van der Waals surface area contributed by atoms with Crippen LogP contribution in [0.2, 0.25) is 0 Å². The van der Waals surface area contributed by atoms with Crippen LogP contribution in [-0.4, -0.2) is 16.0 Å². The summed E-state index contributed by atoms with van der Waals surface area (Å²) in [5, 5.41) is 27.5. The van der Waals surface area contributed by atoms with Gasteiger partial charge in [0.1, 0.15) is 5.41 Å². The third-order valence-electron chi connectivity index (χ3n) is 2.00. The van der Waals surface area contributed by atoms with Gasteiger partial charge in [-0.05, 0) is 13.3 Å². The quantitative estimate of drug-likeness (QED) is 0.444.